The normalized spacial score (nSPS) is 10.2. The minimum absolute atomic E-state index is 0.480. The molecule has 0 bridgehead atoms. The number of nitrogens with zero attached hydrogens (tertiary/aromatic N) is 1. The Hall–Kier alpha value is -1.55. The van der Waals surface area contributed by atoms with Gasteiger partial charge in [-0.2, -0.15) is 5.26 Å². The SMILES string of the molecule is Cc1ccc(C)c(/C=C/CC#N)c1. The summed E-state index contributed by atoms with van der Waals surface area (Å²) in [7, 11) is 0. The summed E-state index contributed by atoms with van der Waals surface area (Å²) in [6.45, 7) is 4.15. The number of allylic oxidation sites excluding steroid dienone is 1. The fraction of sp³-hybridized carbons (Fsp3) is 0.250. The topological polar surface area (TPSA) is 23.8 Å². The second-order valence-electron chi connectivity index (χ2n) is 3.12. The van der Waals surface area contributed by atoms with Crippen molar-refractivity contribution in [2.75, 3.05) is 0 Å². The molecule has 0 heterocycles. The monoisotopic (exact) mass is 171 g/mol. The molecule has 0 radical (unpaired) electrons. The molecule has 0 amide bonds. The fourth-order valence-electron chi connectivity index (χ4n) is 1.18. The lowest BCUT2D eigenvalue weighted by atomic mass is 10.1. The van der Waals surface area contributed by atoms with Gasteiger partial charge in [0.2, 0.25) is 0 Å². The summed E-state index contributed by atoms with van der Waals surface area (Å²) >= 11 is 0. The Morgan fingerprint density at radius 1 is 1.38 bits per heavy atom. The molecule has 0 atom stereocenters. The van der Waals surface area contributed by atoms with Crippen molar-refractivity contribution >= 4 is 6.08 Å². The number of nitriles is 1. The summed E-state index contributed by atoms with van der Waals surface area (Å²) in [5.41, 5.74) is 3.71. The molecule has 66 valence electrons. The summed E-state index contributed by atoms with van der Waals surface area (Å²) < 4.78 is 0. The molecular formula is C12H13N. The van der Waals surface area contributed by atoms with Crippen LogP contribution in [0.4, 0.5) is 0 Å². The number of rotatable bonds is 2. The van der Waals surface area contributed by atoms with Crippen molar-refractivity contribution in [3.8, 4) is 6.07 Å². The van der Waals surface area contributed by atoms with Gasteiger partial charge in [0.1, 0.15) is 0 Å². The minimum Gasteiger partial charge on any atom is -0.198 e. The zero-order valence-electron chi connectivity index (χ0n) is 8.04. The molecule has 0 saturated carbocycles. The molecular weight excluding hydrogens is 158 g/mol. The Balaban J connectivity index is 2.88. The maximum Gasteiger partial charge on any atom is 0.0663 e. The first-order chi connectivity index (χ1) is 6.24. The van der Waals surface area contributed by atoms with Gasteiger partial charge >= 0.3 is 0 Å². The van der Waals surface area contributed by atoms with E-state index in [2.05, 4.69) is 38.1 Å². The van der Waals surface area contributed by atoms with Gasteiger partial charge in [-0.05, 0) is 25.0 Å². The van der Waals surface area contributed by atoms with Gasteiger partial charge in [-0.25, -0.2) is 0 Å². The average Bonchev–Trinajstić information content (AvgIpc) is 2.11. The van der Waals surface area contributed by atoms with Gasteiger partial charge < -0.3 is 0 Å². The van der Waals surface area contributed by atoms with Crippen LogP contribution in [0.2, 0.25) is 0 Å². The molecule has 0 aliphatic carbocycles. The van der Waals surface area contributed by atoms with Crippen molar-refractivity contribution in [1.29, 1.82) is 5.26 Å². The summed E-state index contributed by atoms with van der Waals surface area (Å²) in [6, 6.07) is 8.41. The van der Waals surface area contributed by atoms with Crippen LogP contribution in [0.25, 0.3) is 6.08 Å². The molecule has 0 unspecified atom stereocenters. The molecule has 13 heavy (non-hydrogen) atoms. The van der Waals surface area contributed by atoms with Crippen LogP contribution < -0.4 is 0 Å². The predicted molar refractivity (Wildman–Crippen MR) is 55.2 cm³/mol. The minimum atomic E-state index is 0.480. The quantitative estimate of drug-likeness (QED) is 0.670. The van der Waals surface area contributed by atoms with Crippen molar-refractivity contribution in [1.82, 2.24) is 0 Å². The van der Waals surface area contributed by atoms with E-state index in [9.17, 15) is 0 Å². The third kappa shape index (κ3) is 2.76. The summed E-state index contributed by atoms with van der Waals surface area (Å²) in [5, 5.41) is 8.37. The highest BCUT2D eigenvalue weighted by atomic mass is 14.2. The van der Waals surface area contributed by atoms with Crippen LogP contribution in [0, 0.1) is 25.2 Å². The van der Waals surface area contributed by atoms with Crippen LogP contribution in [0.1, 0.15) is 23.1 Å². The van der Waals surface area contributed by atoms with Gasteiger partial charge in [0.15, 0.2) is 0 Å². The Labute approximate surface area is 79.3 Å². The van der Waals surface area contributed by atoms with Crippen LogP contribution >= 0.6 is 0 Å². The lowest BCUT2D eigenvalue weighted by molar-refractivity contribution is 1.35. The average molecular weight is 171 g/mol. The number of benzene rings is 1. The van der Waals surface area contributed by atoms with Gasteiger partial charge in [0.25, 0.3) is 0 Å². The first kappa shape index (κ1) is 9.54. The molecule has 1 nitrogen and oxygen atoms in total. The van der Waals surface area contributed by atoms with E-state index in [-0.39, 0.29) is 0 Å². The van der Waals surface area contributed by atoms with Gasteiger partial charge in [0, 0.05) is 0 Å². The Morgan fingerprint density at radius 3 is 2.85 bits per heavy atom. The van der Waals surface area contributed by atoms with E-state index in [4.69, 9.17) is 5.26 Å². The number of hydrogen-bond acceptors (Lipinski definition) is 1. The van der Waals surface area contributed by atoms with Crippen LogP contribution in [-0.2, 0) is 0 Å². The fourth-order valence-corrected chi connectivity index (χ4v) is 1.18. The first-order valence-corrected chi connectivity index (χ1v) is 4.35. The molecule has 0 aliphatic rings. The molecule has 1 rings (SSSR count). The summed E-state index contributed by atoms with van der Waals surface area (Å²) in [4.78, 5) is 0. The molecule has 1 aromatic carbocycles. The number of hydrogen-bond donors (Lipinski definition) is 0. The standard InChI is InChI=1S/C12H13N/c1-10-6-7-11(2)12(9-10)5-3-4-8-13/h3,5-7,9H,4H2,1-2H3/b5-3+. The van der Waals surface area contributed by atoms with E-state index in [1.807, 2.05) is 12.2 Å². The second-order valence-corrected chi connectivity index (χ2v) is 3.12. The van der Waals surface area contributed by atoms with E-state index in [1.165, 1.54) is 16.7 Å². The third-order valence-corrected chi connectivity index (χ3v) is 1.94. The van der Waals surface area contributed by atoms with Crippen molar-refractivity contribution in [3.05, 3.63) is 41.0 Å². The van der Waals surface area contributed by atoms with Crippen LogP contribution in [0.3, 0.4) is 0 Å². The van der Waals surface area contributed by atoms with Crippen LogP contribution in [-0.4, -0.2) is 0 Å². The molecule has 0 N–H and O–H groups in total. The molecule has 0 aliphatic heterocycles. The highest BCUT2D eigenvalue weighted by Gasteiger charge is 1.92. The molecule has 0 aromatic heterocycles. The Kier molecular flexibility index (Phi) is 3.28. The van der Waals surface area contributed by atoms with Crippen molar-refractivity contribution in [2.45, 2.75) is 20.3 Å². The molecule has 0 spiro atoms. The van der Waals surface area contributed by atoms with Gasteiger partial charge in [0.05, 0.1) is 12.5 Å². The maximum atomic E-state index is 8.37. The van der Waals surface area contributed by atoms with E-state index < -0.39 is 0 Å². The predicted octanol–water partition coefficient (Wildman–Crippen LogP) is 3.23. The summed E-state index contributed by atoms with van der Waals surface area (Å²) in [5.74, 6) is 0. The van der Waals surface area contributed by atoms with E-state index in [0.29, 0.717) is 6.42 Å². The van der Waals surface area contributed by atoms with Crippen molar-refractivity contribution < 1.29 is 0 Å². The smallest absolute Gasteiger partial charge is 0.0663 e. The lowest BCUT2D eigenvalue weighted by Gasteiger charge is -2.00. The molecule has 1 aromatic rings. The Bertz CT molecular complexity index is 356. The van der Waals surface area contributed by atoms with E-state index in [1.54, 1.807) is 0 Å². The van der Waals surface area contributed by atoms with E-state index in [0.717, 1.165) is 0 Å². The lowest BCUT2D eigenvalue weighted by Crippen LogP contribution is -1.81. The highest BCUT2D eigenvalue weighted by Crippen LogP contribution is 2.12. The highest BCUT2D eigenvalue weighted by molar-refractivity contribution is 5.54. The zero-order chi connectivity index (χ0) is 9.68. The largest absolute Gasteiger partial charge is 0.198 e. The summed E-state index contributed by atoms with van der Waals surface area (Å²) in [6.07, 6.45) is 4.38. The van der Waals surface area contributed by atoms with Crippen molar-refractivity contribution in [2.24, 2.45) is 0 Å². The zero-order valence-corrected chi connectivity index (χ0v) is 8.04. The first-order valence-electron chi connectivity index (χ1n) is 4.35. The van der Waals surface area contributed by atoms with Gasteiger partial charge in [-0.15, -0.1) is 0 Å². The Morgan fingerprint density at radius 2 is 2.15 bits per heavy atom. The van der Waals surface area contributed by atoms with Crippen LogP contribution in [0.5, 0.6) is 0 Å². The van der Waals surface area contributed by atoms with Gasteiger partial charge in [-0.1, -0.05) is 35.9 Å². The van der Waals surface area contributed by atoms with Crippen LogP contribution in [0.15, 0.2) is 24.3 Å². The molecule has 0 fully saturated rings. The second kappa shape index (κ2) is 4.47. The molecule has 0 saturated heterocycles. The van der Waals surface area contributed by atoms with E-state index >= 15 is 0 Å². The maximum absolute atomic E-state index is 8.37. The molecule has 1 heteroatoms. The van der Waals surface area contributed by atoms with Gasteiger partial charge in [-0.3, -0.25) is 0 Å². The third-order valence-electron chi connectivity index (χ3n) is 1.94. The van der Waals surface area contributed by atoms with Crippen molar-refractivity contribution in [3.63, 3.8) is 0 Å². The number of aryl methyl sites for hydroxylation is 2.